The van der Waals surface area contributed by atoms with Crippen molar-refractivity contribution in [2.24, 2.45) is 0 Å². The molecule has 0 saturated heterocycles. The summed E-state index contributed by atoms with van der Waals surface area (Å²) in [7, 11) is 1.80. The highest BCUT2D eigenvalue weighted by atomic mass is 16.2. The standard InChI is InChI=1S/C12H19N3O/c1-4-15(5-2)12(16)14(3)10-11-8-6-7-9-13-11/h6-9H,4-5,10H2,1-3H3. The molecule has 0 aliphatic heterocycles. The van der Waals surface area contributed by atoms with Crippen LogP contribution in [0.25, 0.3) is 0 Å². The van der Waals surface area contributed by atoms with Crippen molar-refractivity contribution >= 4 is 6.03 Å². The van der Waals surface area contributed by atoms with E-state index >= 15 is 0 Å². The van der Waals surface area contributed by atoms with Crippen molar-refractivity contribution in [1.82, 2.24) is 14.8 Å². The van der Waals surface area contributed by atoms with E-state index in [1.54, 1.807) is 23.0 Å². The van der Waals surface area contributed by atoms with E-state index in [-0.39, 0.29) is 6.03 Å². The summed E-state index contributed by atoms with van der Waals surface area (Å²) in [4.78, 5) is 19.6. The number of urea groups is 1. The Morgan fingerprint density at radius 2 is 2.00 bits per heavy atom. The molecular formula is C12H19N3O. The number of hydrogen-bond acceptors (Lipinski definition) is 2. The maximum Gasteiger partial charge on any atom is 0.320 e. The van der Waals surface area contributed by atoms with E-state index in [0.29, 0.717) is 6.54 Å². The molecule has 1 rings (SSSR count). The summed E-state index contributed by atoms with van der Waals surface area (Å²) in [5.41, 5.74) is 0.908. The first kappa shape index (κ1) is 12.5. The van der Waals surface area contributed by atoms with Crippen molar-refractivity contribution in [3.63, 3.8) is 0 Å². The molecule has 16 heavy (non-hydrogen) atoms. The number of aromatic nitrogens is 1. The van der Waals surface area contributed by atoms with Gasteiger partial charge in [0.05, 0.1) is 12.2 Å². The van der Waals surface area contributed by atoms with Crippen LogP contribution in [0.1, 0.15) is 19.5 Å². The highest BCUT2D eigenvalue weighted by Crippen LogP contribution is 2.02. The van der Waals surface area contributed by atoms with E-state index in [0.717, 1.165) is 18.8 Å². The third-order valence-electron chi connectivity index (χ3n) is 2.49. The molecule has 88 valence electrons. The monoisotopic (exact) mass is 221 g/mol. The van der Waals surface area contributed by atoms with Crippen molar-refractivity contribution in [3.8, 4) is 0 Å². The Balaban J connectivity index is 2.58. The Hall–Kier alpha value is -1.58. The number of hydrogen-bond donors (Lipinski definition) is 0. The minimum atomic E-state index is 0.0515. The Labute approximate surface area is 96.9 Å². The molecule has 0 fully saturated rings. The maximum absolute atomic E-state index is 11.9. The summed E-state index contributed by atoms with van der Waals surface area (Å²) in [6.45, 7) is 5.99. The highest BCUT2D eigenvalue weighted by Gasteiger charge is 2.14. The van der Waals surface area contributed by atoms with E-state index in [1.807, 2.05) is 32.0 Å². The van der Waals surface area contributed by atoms with Gasteiger partial charge in [0.15, 0.2) is 0 Å². The highest BCUT2D eigenvalue weighted by molar-refractivity contribution is 5.74. The van der Waals surface area contributed by atoms with Gasteiger partial charge in [-0.1, -0.05) is 6.07 Å². The van der Waals surface area contributed by atoms with Crippen LogP contribution in [0.3, 0.4) is 0 Å². The van der Waals surface area contributed by atoms with Crippen LogP contribution in [-0.4, -0.2) is 41.0 Å². The first-order valence-corrected chi connectivity index (χ1v) is 5.59. The molecule has 0 spiro atoms. The van der Waals surface area contributed by atoms with E-state index < -0.39 is 0 Å². The molecule has 0 unspecified atom stereocenters. The van der Waals surface area contributed by atoms with Gasteiger partial charge in [0.2, 0.25) is 0 Å². The van der Waals surface area contributed by atoms with Crippen LogP contribution in [-0.2, 0) is 6.54 Å². The molecule has 1 heterocycles. The molecule has 2 amide bonds. The van der Waals surface area contributed by atoms with Gasteiger partial charge in [0, 0.05) is 26.3 Å². The van der Waals surface area contributed by atoms with Crippen LogP contribution in [0, 0.1) is 0 Å². The third-order valence-corrected chi connectivity index (χ3v) is 2.49. The van der Waals surface area contributed by atoms with Gasteiger partial charge in [-0.25, -0.2) is 4.79 Å². The molecule has 0 bridgehead atoms. The Bertz CT molecular complexity index is 322. The molecule has 0 aliphatic carbocycles. The van der Waals surface area contributed by atoms with Gasteiger partial charge in [-0.3, -0.25) is 4.98 Å². The van der Waals surface area contributed by atoms with E-state index in [9.17, 15) is 4.79 Å². The first-order chi connectivity index (χ1) is 7.69. The number of pyridine rings is 1. The van der Waals surface area contributed by atoms with Gasteiger partial charge in [0.1, 0.15) is 0 Å². The zero-order chi connectivity index (χ0) is 12.0. The predicted molar refractivity (Wildman–Crippen MR) is 64.0 cm³/mol. The lowest BCUT2D eigenvalue weighted by Crippen LogP contribution is -2.40. The fourth-order valence-electron chi connectivity index (χ4n) is 1.54. The molecule has 0 radical (unpaired) electrons. The number of amides is 2. The largest absolute Gasteiger partial charge is 0.325 e. The van der Waals surface area contributed by atoms with Crippen LogP contribution in [0.5, 0.6) is 0 Å². The van der Waals surface area contributed by atoms with Crippen molar-refractivity contribution in [3.05, 3.63) is 30.1 Å². The van der Waals surface area contributed by atoms with Gasteiger partial charge in [-0.15, -0.1) is 0 Å². The molecule has 0 N–H and O–H groups in total. The second-order valence-electron chi connectivity index (χ2n) is 3.63. The lowest BCUT2D eigenvalue weighted by atomic mass is 10.3. The molecule has 4 nitrogen and oxygen atoms in total. The smallest absolute Gasteiger partial charge is 0.320 e. The fourth-order valence-corrected chi connectivity index (χ4v) is 1.54. The summed E-state index contributed by atoms with van der Waals surface area (Å²) < 4.78 is 0. The third kappa shape index (κ3) is 3.22. The Kier molecular flexibility index (Phi) is 4.76. The normalized spacial score (nSPS) is 9.94. The molecule has 1 aromatic rings. The van der Waals surface area contributed by atoms with Crippen molar-refractivity contribution < 1.29 is 4.79 Å². The minimum Gasteiger partial charge on any atom is -0.325 e. The van der Waals surface area contributed by atoms with Crippen LogP contribution in [0.4, 0.5) is 4.79 Å². The van der Waals surface area contributed by atoms with E-state index in [1.165, 1.54) is 0 Å². The van der Waals surface area contributed by atoms with Crippen LogP contribution >= 0.6 is 0 Å². The van der Waals surface area contributed by atoms with Gasteiger partial charge in [-0.2, -0.15) is 0 Å². The Morgan fingerprint density at radius 3 is 2.50 bits per heavy atom. The lowest BCUT2D eigenvalue weighted by Gasteiger charge is -2.25. The minimum absolute atomic E-state index is 0.0515. The molecule has 0 atom stereocenters. The van der Waals surface area contributed by atoms with Crippen molar-refractivity contribution in [1.29, 1.82) is 0 Å². The van der Waals surface area contributed by atoms with Crippen LogP contribution < -0.4 is 0 Å². The average Bonchev–Trinajstić information content (AvgIpc) is 2.31. The molecular weight excluding hydrogens is 202 g/mol. The zero-order valence-corrected chi connectivity index (χ0v) is 10.2. The number of carbonyl (C=O) groups excluding carboxylic acids is 1. The van der Waals surface area contributed by atoms with Gasteiger partial charge >= 0.3 is 6.03 Å². The van der Waals surface area contributed by atoms with Gasteiger partial charge < -0.3 is 9.80 Å². The van der Waals surface area contributed by atoms with Crippen molar-refractivity contribution in [2.75, 3.05) is 20.1 Å². The summed E-state index contributed by atoms with van der Waals surface area (Å²) >= 11 is 0. The quantitative estimate of drug-likeness (QED) is 0.779. The summed E-state index contributed by atoms with van der Waals surface area (Å²) in [5, 5.41) is 0. The van der Waals surface area contributed by atoms with E-state index in [2.05, 4.69) is 4.98 Å². The van der Waals surface area contributed by atoms with E-state index in [4.69, 9.17) is 0 Å². The summed E-state index contributed by atoms with van der Waals surface area (Å²) in [6.07, 6.45) is 1.74. The molecule has 4 heteroatoms. The van der Waals surface area contributed by atoms with Crippen LogP contribution in [0.2, 0.25) is 0 Å². The average molecular weight is 221 g/mol. The lowest BCUT2D eigenvalue weighted by molar-refractivity contribution is 0.165. The van der Waals surface area contributed by atoms with Gasteiger partial charge in [0.25, 0.3) is 0 Å². The number of carbonyl (C=O) groups is 1. The summed E-state index contributed by atoms with van der Waals surface area (Å²) in [6, 6.07) is 5.77. The second kappa shape index (κ2) is 6.10. The Morgan fingerprint density at radius 1 is 1.31 bits per heavy atom. The SMILES string of the molecule is CCN(CC)C(=O)N(C)Cc1ccccn1. The predicted octanol–water partition coefficient (Wildman–Crippen LogP) is 1.98. The molecule has 1 aromatic heterocycles. The van der Waals surface area contributed by atoms with Crippen LogP contribution in [0.15, 0.2) is 24.4 Å². The summed E-state index contributed by atoms with van der Waals surface area (Å²) in [5.74, 6) is 0. The second-order valence-corrected chi connectivity index (χ2v) is 3.63. The molecule has 0 aromatic carbocycles. The first-order valence-electron chi connectivity index (χ1n) is 5.59. The maximum atomic E-state index is 11.9. The zero-order valence-electron chi connectivity index (χ0n) is 10.2. The molecule has 0 saturated carbocycles. The number of nitrogens with zero attached hydrogens (tertiary/aromatic N) is 3. The fraction of sp³-hybridized carbons (Fsp3) is 0.500. The van der Waals surface area contributed by atoms with Gasteiger partial charge in [-0.05, 0) is 26.0 Å². The van der Waals surface area contributed by atoms with Crippen molar-refractivity contribution in [2.45, 2.75) is 20.4 Å². The number of rotatable bonds is 4. The molecule has 0 aliphatic rings. The topological polar surface area (TPSA) is 36.4 Å².